The minimum atomic E-state index is -1.29. The van der Waals surface area contributed by atoms with E-state index < -0.39 is 35.9 Å². The van der Waals surface area contributed by atoms with Gasteiger partial charge in [0, 0.05) is 11.3 Å². The van der Waals surface area contributed by atoms with Gasteiger partial charge in [-0.2, -0.15) is 0 Å². The largest absolute Gasteiger partial charge is 0.462 e. The van der Waals surface area contributed by atoms with E-state index in [2.05, 4.69) is 10.6 Å². The van der Waals surface area contributed by atoms with Crippen molar-refractivity contribution in [1.82, 2.24) is 10.2 Å². The van der Waals surface area contributed by atoms with Crippen LogP contribution in [-0.2, 0) is 26.3 Å². The van der Waals surface area contributed by atoms with Gasteiger partial charge in [0.25, 0.3) is 5.91 Å². The Morgan fingerprint density at radius 1 is 1.13 bits per heavy atom. The van der Waals surface area contributed by atoms with Crippen molar-refractivity contribution in [3.05, 3.63) is 75.7 Å². The zero-order valence-electron chi connectivity index (χ0n) is 21.7. The Hall–Kier alpha value is -4.38. The van der Waals surface area contributed by atoms with E-state index in [-0.39, 0.29) is 19.0 Å². The molecule has 1 atom stereocenters. The summed E-state index contributed by atoms with van der Waals surface area (Å²) in [5, 5.41) is 5.72. The number of ether oxygens (including phenoxy) is 3. The maximum absolute atomic E-state index is 13.2. The van der Waals surface area contributed by atoms with Gasteiger partial charge in [0.15, 0.2) is 11.5 Å². The number of rotatable bonds is 8. The zero-order valence-corrected chi connectivity index (χ0v) is 22.5. The van der Waals surface area contributed by atoms with Crippen molar-refractivity contribution in [3.63, 3.8) is 0 Å². The number of anilines is 1. The Labute approximate surface area is 228 Å². The molecule has 2 N–H and O–H groups in total. The molecule has 3 aromatic rings. The van der Waals surface area contributed by atoms with Crippen LogP contribution in [0.25, 0.3) is 0 Å². The van der Waals surface area contributed by atoms with Gasteiger partial charge in [0.2, 0.25) is 12.7 Å². The molecule has 0 unspecified atom stereocenters. The molecule has 10 nitrogen and oxygen atoms in total. The van der Waals surface area contributed by atoms with Crippen LogP contribution in [0.2, 0.25) is 0 Å². The van der Waals surface area contributed by atoms with E-state index in [9.17, 15) is 19.2 Å². The average molecular weight is 550 g/mol. The number of carbonyl (C=O) groups excluding carboxylic acids is 4. The van der Waals surface area contributed by atoms with Gasteiger partial charge >= 0.3 is 12.0 Å². The molecular weight excluding hydrogens is 522 g/mol. The average Bonchev–Trinajstić information content (AvgIpc) is 3.56. The van der Waals surface area contributed by atoms with E-state index in [0.29, 0.717) is 34.0 Å². The second-order valence-electron chi connectivity index (χ2n) is 9.30. The van der Waals surface area contributed by atoms with Crippen molar-refractivity contribution in [3.8, 4) is 11.5 Å². The van der Waals surface area contributed by atoms with E-state index in [1.165, 1.54) is 11.3 Å². The number of carbonyl (C=O) groups is 4. The van der Waals surface area contributed by atoms with Crippen molar-refractivity contribution < 1.29 is 33.4 Å². The molecule has 2 aliphatic heterocycles. The number of urea groups is 1. The maximum atomic E-state index is 13.2. The lowest BCUT2D eigenvalue weighted by atomic mass is 9.92. The van der Waals surface area contributed by atoms with Crippen molar-refractivity contribution in [1.29, 1.82) is 0 Å². The predicted molar refractivity (Wildman–Crippen MR) is 143 cm³/mol. The third kappa shape index (κ3) is 4.92. The topological polar surface area (TPSA) is 123 Å². The number of esters is 1. The van der Waals surface area contributed by atoms with E-state index >= 15 is 0 Å². The van der Waals surface area contributed by atoms with Gasteiger partial charge < -0.3 is 24.8 Å². The highest BCUT2D eigenvalue weighted by molar-refractivity contribution is 7.17. The number of benzene rings is 2. The van der Waals surface area contributed by atoms with Crippen LogP contribution < -0.4 is 20.1 Å². The normalized spacial score (nSPS) is 17.8. The summed E-state index contributed by atoms with van der Waals surface area (Å²) in [5.74, 6) is -0.393. The van der Waals surface area contributed by atoms with Crippen molar-refractivity contribution in [2.75, 3.05) is 25.3 Å². The third-order valence-electron chi connectivity index (χ3n) is 6.71. The second-order valence-corrected chi connectivity index (χ2v) is 10.4. The molecule has 0 aliphatic carbocycles. The van der Waals surface area contributed by atoms with Crippen LogP contribution in [0.4, 0.5) is 9.80 Å². The van der Waals surface area contributed by atoms with Crippen LogP contribution in [-0.4, -0.2) is 48.7 Å². The predicted octanol–water partition coefficient (Wildman–Crippen LogP) is 3.96. The summed E-state index contributed by atoms with van der Waals surface area (Å²) in [4.78, 5) is 53.5. The first-order valence-corrected chi connectivity index (χ1v) is 13.2. The summed E-state index contributed by atoms with van der Waals surface area (Å²) in [5.41, 5.74) is 1.19. The van der Waals surface area contributed by atoms with Crippen molar-refractivity contribution in [2.45, 2.75) is 32.7 Å². The van der Waals surface area contributed by atoms with Gasteiger partial charge in [-0.3, -0.25) is 14.5 Å². The maximum Gasteiger partial charge on any atom is 0.341 e. The van der Waals surface area contributed by atoms with E-state index in [1.807, 2.05) is 24.3 Å². The number of imide groups is 1. The second kappa shape index (κ2) is 10.4. The molecule has 2 aliphatic rings. The number of nitrogens with zero attached hydrogens (tertiary/aromatic N) is 1. The zero-order chi connectivity index (χ0) is 27.7. The lowest BCUT2D eigenvalue weighted by Gasteiger charge is -2.22. The molecule has 0 bridgehead atoms. The molecule has 202 valence electrons. The molecule has 11 heteroatoms. The van der Waals surface area contributed by atoms with Crippen LogP contribution in [0.15, 0.2) is 48.5 Å². The van der Waals surface area contributed by atoms with Gasteiger partial charge in [0.05, 0.1) is 12.2 Å². The fraction of sp³-hybridized carbons (Fsp3) is 0.286. The fourth-order valence-corrected chi connectivity index (χ4v) is 5.86. The Kier molecular flexibility index (Phi) is 7.00. The monoisotopic (exact) mass is 549 g/mol. The molecule has 2 aromatic carbocycles. The Morgan fingerprint density at radius 2 is 1.87 bits per heavy atom. The Balaban J connectivity index is 1.36. The summed E-state index contributed by atoms with van der Waals surface area (Å²) in [7, 11) is 0. The molecule has 5 rings (SSSR count). The number of nitrogens with one attached hydrogen (secondary N) is 2. The van der Waals surface area contributed by atoms with Gasteiger partial charge in [0.1, 0.15) is 17.1 Å². The highest BCUT2D eigenvalue weighted by Crippen LogP contribution is 2.38. The standard InChI is InChI=1S/C28H27N3O7S/c1-4-36-25(33)23-16(2)21(13-17-10-11-19-20(12-17)38-15-37-19)39-24(23)29-22(32)14-31-26(34)28(3,30-27(31)35)18-8-6-5-7-9-18/h5-12H,4,13-15H2,1-3H3,(H,29,32)(H,30,35)/t28-/m1/s1. The lowest BCUT2D eigenvalue weighted by molar-refractivity contribution is -0.133. The molecule has 1 aromatic heterocycles. The van der Waals surface area contributed by atoms with E-state index in [0.717, 1.165) is 15.3 Å². The highest BCUT2D eigenvalue weighted by Gasteiger charge is 2.49. The van der Waals surface area contributed by atoms with Crippen molar-refractivity contribution >= 4 is 40.2 Å². The van der Waals surface area contributed by atoms with Crippen LogP contribution in [0.1, 0.15) is 45.8 Å². The first-order valence-electron chi connectivity index (χ1n) is 12.4. The SMILES string of the molecule is CCOC(=O)c1c(NC(=O)CN2C(=O)N[C@](C)(c3ccccc3)C2=O)sc(Cc2ccc3c(c2)OCO3)c1C. The van der Waals surface area contributed by atoms with Crippen molar-refractivity contribution in [2.24, 2.45) is 0 Å². The number of hydrogen-bond acceptors (Lipinski definition) is 8. The first kappa shape index (κ1) is 26.2. The van der Waals surface area contributed by atoms with Gasteiger partial charge in [-0.05, 0) is 49.6 Å². The summed E-state index contributed by atoms with van der Waals surface area (Å²) < 4.78 is 16.1. The summed E-state index contributed by atoms with van der Waals surface area (Å²) in [6, 6.07) is 13.8. The molecule has 0 radical (unpaired) electrons. The van der Waals surface area contributed by atoms with Gasteiger partial charge in [-0.25, -0.2) is 9.59 Å². The minimum Gasteiger partial charge on any atom is -0.462 e. The third-order valence-corrected chi connectivity index (χ3v) is 7.91. The first-order chi connectivity index (χ1) is 18.7. The molecule has 0 spiro atoms. The fourth-order valence-electron chi connectivity index (χ4n) is 4.62. The van der Waals surface area contributed by atoms with Gasteiger partial charge in [-0.1, -0.05) is 36.4 Å². The smallest absolute Gasteiger partial charge is 0.341 e. The number of fused-ring (bicyclic) bond motifs is 1. The molecule has 39 heavy (non-hydrogen) atoms. The molecule has 1 saturated heterocycles. The molecule has 4 amide bonds. The van der Waals surface area contributed by atoms with Crippen LogP contribution >= 0.6 is 11.3 Å². The van der Waals surface area contributed by atoms with E-state index in [1.54, 1.807) is 45.0 Å². The summed E-state index contributed by atoms with van der Waals surface area (Å²) >= 11 is 1.24. The Bertz CT molecular complexity index is 1470. The Morgan fingerprint density at radius 3 is 2.62 bits per heavy atom. The number of amides is 4. The quantitative estimate of drug-likeness (QED) is 0.322. The molecule has 3 heterocycles. The molecular formula is C28H27N3O7S. The van der Waals surface area contributed by atoms with Gasteiger partial charge in [-0.15, -0.1) is 11.3 Å². The summed E-state index contributed by atoms with van der Waals surface area (Å²) in [6.07, 6.45) is 0.484. The van der Waals surface area contributed by atoms with Crippen LogP contribution in [0.3, 0.4) is 0 Å². The molecule has 0 saturated carbocycles. The van der Waals surface area contributed by atoms with Crippen LogP contribution in [0, 0.1) is 6.92 Å². The lowest BCUT2D eigenvalue weighted by Crippen LogP contribution is -2.42. The number of hydrogen-bond donors (Lipinski definition) is 2. The highest BCUT2D eigenvalue weighted by atomic mass is 32.1. The number of thiophene rings is 1. The van der Waals surface area contributed by atoms with Crippen LogP contribution in [0.5, 0.6) is 11.5 Å². The summed E-state index contributed by atoms with van der Waals surface area (Å²) in [6.45, 7) is 4.92. The van der Waals surface area contributed by atoms with E-state index in [4.69, 9.17) is 14.2 Å². The molecule has 1 fully saturated rings. The minimum absolute atomic E-state index is 0.166.